The van der Waals surface area contributed by atoms with Gasteiger partial charge in [0, 0.05) is 12.1 Å². The minimum absolute atomic E-state index is 0.0504. The molecule has 0 aromatic heterocycles. The predicted molar refractivity (Wildman–Crippen MR) is 150 cm³/mol. The Kier molecular flexibility index (Phi) is 7.02. The highest BCUT2D eigenvalue weighted by molar-refractivity contribution is 5.99. The van der Waals surface area contributed by atoms with Crippen LogP contribution in [-0.2, 0) is 30.3 Å². The van der Waals surface area contributed by atoms with Crippen molar-refractivity contribution in [2.24, 2.45) is 17.3 Å². The van der Waals surface area contributed by atoms with E-state index in [9.17, 15) is 19.5 Å². The summed E-state index contributed by atoms with van der Waals surface area (Å²) in [5.41, 5.74) is -2.15. The molecule has 0 bridgehead atoms. The summed E-state index contributed by atoms with van der Waals surface area (Å²) in [5.74, 6) is -3.00. The highest BCUT2D eigenvalue weighted by Gasteiger charge is 2.75. The number of carbonyl (C=O) groups is 3. The molecule has 40 heavy (non-hydrogen) atoms. The standard InChI is InChI=1S/C32H42N2O6/c1-29(2,3)20-30(4,5)33-16-10-15-32-23(24-28(38)39-17-11-14-31(24,6)40-32)26(36)34(25(32)27(33)37)22(19-35)18-21-12-8-7-9-13-21/h7-15,22-25,35H,16-20H2,1-6H3/t22-,23+,24-,25?,31+,32+/m1/s1. The number of ether oxygens (including phenoxy) is 2. The first kappa shape index (κ1) is 28.6. The van der Waals surface area contributed by atoms with Gasteiger partial charge < -0.3 is 24.4 Å². The molecule has 4 aliphatic rings. The van der Waals surface area contributed by atoms with E-state index >= 15 is 0 Å². The molecular formula is C32H42N2O6. The SMILES string of the molecule is CC(C)(C)CC(C)(C)N1CC=C[C@]23O[C@@]4(C)C=CCOC(=O)[C@H]4[C@H]2C(=O)N([C@@H](CO)Cc2ccccc2)C3C1=O. The molecule has 2 fully saturated rings. The molecule has 4 heterocycles. The molecule has 1 unspecified atom stereocenters. The van der Waals surface area contributed by atoms with Crippen molar-refractivity contribution in [3.63, 3.8) is 0 Å². The van der Waals surface area contributed by atoms with Crippen LogP contribution in [0.1, 0.15) is 53.5 Å². The smallest absolute Gasteiger partial charge is 0.313 e. The van der Waals surface area contributed by atoms with E-state index in [0.29, 0.717) is 13.0 Å². The lowest BCUT2D eigenvalue weighted by Crippen LogP contribution is -2.62. The van der Waals surface area contributed by atoms with Crippen molar-refractivity contribution < 1.29 is 29.0 Å². The summed E-state index contributed by atoms with van der Waals surface area (Å²) in [6, 6.07) is 7.87. The lowest BCUT2D eigenvalue weighted by Gasteiger charge is -2.45. The number of hydrogen-bond donors (Lipinski definition) is 1. The van der Waals surface area contributed by atoms with E-state index in [1.807, 2.05) is 47.4 Å². The van der Waals surface area contributed by atoms with Crippen LogP contribution >= 0.6 is 0 Å². The van der Waals surface area contributed by atoms with Gasteiger partial charge in [0.05, 0.1) is 24.2 Å². The molecule has 5 rings (SSSR count). The number of hydrogen-bond acceptors (Lipinski definition) is 6. The second-order valence-electron chi connectivity index (χ2n) is 13.7. The molecule has 6 atom stereocenters. The van der Waals surface area contributed by atoms with E-state index in [4.69, 9.17) is 9.47 Å². The average Bonchev–Trinajstić information content (AvgIpc) is 3.12. The maximum Gasteiger partial charge on any atom is 0.313 e. The summed E-state index contributed by atoms with van der Waals surface area (Å²) >= 11 is 0. The van der Waals surface area contributed by atoms with E-state index in [1.54, 1.807) is 19.1 Å². The van der Waals surface area contributed by atoms with Gasteiger partial charge in [-0.2, -0.15) is 0 Å². The fourth-order valence-electron chi connectivity index (χ4n) is 7.76. The first-order valence-corrected chi connectivity index (χ1v) is 14.2. The molecule has 4 aliphatic heterocycles. The molecule has 0 aliphatic carbocycles. The van der Waals surface area contributed by atoms with Gasteiger partial charge in [0.2, 0.25) is 11.8 Å². The number of rotatable bonds is 6. The quantitative estimate of drug-likeness (QED) is 0.432. The molecule has 1 N–H and O–H groups in total. The van der Waals surface area contributed by atoms with Gasteiger partial charge in [0.25, 0.3) is 0 Å². The number of cyclic esters (lactones) is 1. The molecule has 0 radical (unpaired) electrons. The Bertz CT molecular complexity index is 1230. The maximum atomic E-state index is 14.8. The van der Waals surface area contributed by atoms with Crippen LogP contribution in [0.15, 0.2) is 54.6 Å². The van der Waals surface area contributed by atoms with Crippen molar-refractivity contribution in [3.8, 4) is 0 Å². The van der Waals surface area contributed by atoms with Gasteiger partial charge in [-0.25, -0.2) is 0 Å². The fraction of sp³-hybridized carbons (Fsp3) is 0.594. The second-order valence-corrected chi connectivity index (χ2v) is 13.7. The minimum Gasteiger partial charge on any atom is -0.461 e. The zero-order chi connectivity index (χ0) is 29.1. The van der Waals surface area contributed by atoms with E-state index in [2.05, 4.69) is 34.6 Å². The highest BCUT2D eigenvalue weighted by Crippen LogP contribution is 2.58. The lowest BCUT2D eigenvalue weighted by molar-refractivity contribution is -0.161. The third kappa shape index (κ3) is 4.59. The Balaban J connectivity index is 1.65. The van der Waals surface area contributed by atoms with E-state index in [-0.39, 0.29) is 30.4 Å². The van der Waals surface area contributed by atoms with Gasteiger partial charge in [-0.1, -0.05) is 69.3 Å². The fourth-order valence-corrected chi connectivity index (χ4v) is 7.76. The summed E-state index contributed by atoms with van der Waals surface area (Å²) in [7, 11) is 0. The number of nitrogens with zero attached hydrogens (tertiary/aromatic N) is 2. The van der Waals surface area contributed by atoms with Crippen molar-refractivity contribution in [3.05, 3.63) is 60.2 Å². The number of likely N-dealkylation sites (tertiary alicyclic amines) is 1. The van der Waals surface area contributed by atoms with Crippen molar-refractivity contribution in [1.29, 1.82) is 0 Å². The average molecular weight is 551 g/mol. The number of benzene rings is 1. The van der Waals surface area contributed by atoms with Crippen LogP contribution in [0.3, 0.4) is 0 Å². The zero-order valence-electron chi connectivity index (χ0n) is 24.4. The van der Waals surface area contributed by atoms with Crippen LogP contribution in [-0.4, -0.2) is 81.3 Å². The van der Waals surface area contributed by atoms with Gasteiger partial charge >= 0.3 is 5.97 Å². The first-order valence-electron chi connectivity index (χ1n) is 14.2. The topological polar surface area (TPSA) is 96.4 Å². The van der Waals surface area contributed by atoms with E-state index in [0.717, 1.165) is 12.0 Å². The number of aliphatic hydroxyl groups is 1. The third-order valence-corrected chi connectivity index (χ3v) is 8.86. The van der Waals surface area contributed by atoms with Crippen molar-refractivity contribution in [2.75, 3.05) is 19.8 Å². The third-order valence-electron chi connectivity index (χ3n) is 8.86. The monoisotopic (exact) mass is 550 g/mol. The summed E-state index contributed by atoms with van der Waals surface area (Å²) in [6.45, 7) is 12.4. The van der Waals surface area contributed by atoms with E-state index in [1.165, 1.54) is 4.90 Å². The number of amides is 2. The number of carbonyl (C=O) groups excluding carboxylic acids is 3. The van der Waals surface area contributed by atoms with Crippen molar-refractivity contribution in [1.82, 2.24) is 9.80 Å². The van der Waals surface area contributed by atoms with Gasteiger partial charge in [0.15, 0.2) is 0 Å². The number of aliphatic hydroxyl groups excluding tert-OH is 1. The molecule has 1 aromatic carbocycles. The minimum atomic E-state index is -1.38. The summed E-state index contributed by atoms with van der Waals surface area (Å²) in [5, 5.41) is 10.7. The molecule has 2 saturated heterocycles. The molecule has 8 heteroatoms. The lowest BCUT2D eigenvalue weighted by atomic mass is 9.74. The number of fused-ring (bicyclic) bond motifs is 2. The molecule has 1 spiro atoms. The maximum absolute atomic E-state index is 14.8. The largest absolute Gasteiger partial charge is 0.461 e. The van der Waals surface area contributed by atoms with Crippen LogP contribution in [0, 0.1) is 17.3 Å². The summed E-state index contributed by atoms with van der Waals surface area (Å²) in [4.78, 5) is 46.0. The van der Waals surface area contributed by atoms with Gasteiger partial charge in [0.1, 0.15) is 24.2 Å². The van der Waals surface area contributed by atoms with Crippen LogP contribution in [0.4, 0.5) is 0 Å². The molecule has 1 aromatic rings. The van der Waals surface area contributed by atoms with Crippen LogP contribution in [0.2, 0.25) is 0 Å². The van der Waals surface area contributed by atoms with Crippen LogP contribution < -0.4 is 0 Å². The highest BCUT2D eigenvalue weighted by atomic mass is 16.6. The second kappa shape index (κ2) is 9.84. The Hall–Kier alpha value is -2.97. The van der Waals surface area contributed by atoms with Gasteiger partial charge in [-0.15, -0.1) is 0 Å². The van der Waals surface area contributed by atoms with Gasteiger partial charge in [-0.3, -0.25) is 14.4 Å². The zero-order valence-corrected chi connectivity index (χ0v) is 24.4. The Morgan fingerprint density at radius 2 is 1.70 bits per heavy atom. The normalized spacial score (nSPS) is 32.8. The number of esters is 1. The van der Waals surface area contributed by atoms with Crippen molar-refractivity contribution in [2.45, 2.75) is 83.2 Å². The van der Waals surface area contributed by atoms with E-state index < -0.39 is 46.6 Å². The Morgan fingerprint density at radius 1 is 1.00 bits per heavy atom. The van der Waals surface area contributed by atoms with Crippen LogP contribution in [0.5, 0.6) is 0 Å². The molecule has 8 nitrogen and oxygen atoms in total. The van der Waals surface area contributed by atoms with Crippen LogP contribution in [0.25, 0.3) is 0 Å². The summed E-state index contributed by atoms with van der Waals surface area (Å²) in [6.07, 6.45) is 8.36. The molecule has 0 saturated carbocycles. The predicted octanol–water partition coefficient (Wildman–Crippen LogP) is 3.29. The first-order chi connectivity index (χ1) is 18.7. The Morgan fingerprint density at radius 3 is 2.35 bits per heavy atom. The summed E-state index contributed by atoms with van der Waals surface area (Å²) < 4.78 is 12.3. The molecule has 2 amide bonds. The Labute approximate surface area is 237 Å². The van der Waals surface area contributed by atoms with Gasteiger partial charge in [-0.05, 0) is 50.7 Å². The van der Waals surface area contributed by atoms with Crippen molar-refractivity contribution >= 4 is 17.8 Å². The molecular weight excluding hydrogens is 508 g/mol. The molecule has 216 valence electrons.